The Morgan fingerprint density at radius 2 is 1.46 bits per heavy atom. The van der Waals surface area contributed by atoms with Gasteiger partial charge in [-0.15, -0.1) is 22.7 Å². The zero-order valence-corrected chi connectivity index (χ0v) is 32.4. The highest BCUT2D eigenvalue weighted by molar-refractivity contribution is 9.10. The molecule has 0 unspecified atom stereocenters. The molecule has 0 fully saturated rings. The first kappa shape index (κ1) is 39.4. The maximum atomic E-state index is 11.7. The molecule has 0 saturated heterocycles. The Hall–Kier alpha value is -3.09. The summed E-state index contributed by atoms with van der Waals surface area (Å²) in [5.74, 6) is 0. The summed E-state index contributed by atoms with van der Waals surface area (Å²) in [6, 6.07) is 19.2. The van der Waals surface area contributed by atoms with Crippen LogP contribution < -0.4 is 10.8 Å². The van der Waals surface area contributed by atoms with Crippen LogP contribution in [0.25, 0.3) is 21.0 Å². The lowest BCUT2D eigenvalue weighted by molar-refractivity contribution is 0.0636. The van der Waals surface area contributed by atoms with Gasteiger partial charge in [-0.1, -0.05) is 90.1 Å². The van der Waals surface area contributed by atoms with Gasteiger partial charge in [0, 0.05) is 32.3 Å². The van der Waals surface area contributed by atoms with Gasteiger partial charge in [-0.3, -0.25) is 10.1 Å². The van der Waals surface area contributed by atoms with Gasteiger partial charge in [-0.05, 0) is 83.4 Å². The standard InChI is InChI=1S/C16H17NS.C14H22BrNO2S.C7H7BO3/c1-16(2,3)9-12-8-14-13-7-5-4-6-11(13)10-17-15(14)18-12;1-13(2,3)8-9-7-10(15)11(19-9)16-12(17)18-14(4,5)6;9-5-6-3-1-2-4-7(6)8(10)11/h4-8,10H,9H2,1-3H3;7H,8H2,1-6H3,(H,16,17);1-5,10-11H. The van der Waals surface area contributed by atoms with Gasteiger partial charge < -0.3 is 14.8 Å². The Balaban J connectivity index is 0.000000202. The van der Waals surface area contributed by atoms with E-state index in [4.69, 9.17) is 14.8 Å². The SMILES string of the molecule is CC(C)(C)Cc1cc(Br)c(NC(=O)OC(C)(C)C)s1.CC(C)(C)Cc1cc2c(ncc3ccccc32)s1.O=Cc1ccccc1B(O)O. The number of carbonyl (C=O) groups is 2. The molecule has 5 rings (SSSR count). The van der Waals surface area contributed by atoms with E-state index in [-0.39, 0.29) is 10.9 Å². The average Bonchev–Trinajstić information content (AvgIpc) is 3.52. The number of nitrogens with zero attached hydrogens (tertiary/aromatic N) is 1. The van der Waals surface area contributed by atoms with Crippen molar-refractivity contribution in [3.63, 3.8) is 0 Å². The summed E-state index contributed by atoms with van der Waals surface area (Å²) in [7, 11) is -1.57. The van der Waals surface area contributed by atoms with Crippen molar-refractivity contribution in [3.8, 4) is 0 Å². The van der Waals surface area contributed by atoms with Gasteiger partial charge in [0.25, 0.3) is 0 Å². The zero-order chi connectivity index (χ0) is 35.9. The molecule has 0 aliphatic rings. The summed E-state index contributed by atoms with van der Waals surface area (Å²) in [4.78, 5) is 30.4. The van der Waals surface area contributed by atoms with Crippen LogP contribution in [0.4, 0.5) is 9.80 Å². The van der Waals surface area contributed by atoms with Crippen LogP contribution in [-0.2, 0) is 17.6 Å². The number of rotatable bonds is 5. The van der Waals surface area contributed by atoms with E-state index in [9.17, 15) is 9.59 Å². The summed E-state index contributed by atoms with van der Waals surface area (Å²) in [5.41, 5.74) is 0.622. The quantitative estimate of drug-likeness (QED) is 0.122. The second-order valence-electron chi connectivity index (χ2n) is 14.9. The maximum Gasteiger partial charge on any atom is 0.489 e. The van der Waals surface area contributed by atoms with Crippen LogP contribution in [0.3, 0.4) is 0 Å². The fraction of sp³-hybridized carbons (Fsp3) is 0.378. The molecule has 2 aromatic carbocycles. The van der Waals surface area contributed by atoms with Crippen molar-refractivity contribution in [2.75, 3.05) is 5.32 Å². The lowest BCUT2D eigenvalue weighted by atomic mass is 9.77. The largest absolute Gasteiger partial charge is 0.489 e. The minimum Gasteiger partial charge on any atom is -0.444 e. The molecule has 0 atom stereocenters. The van der Waals surface area contributed by atoms with Crippen molar-refractivity contribution in [1.29, 1.82) is 0 Å². The third kappa shape index (κ3) is 12.7. The molecule has 48 heavy (non-hydrogen) atoms. The predicted octanol–water partition coefficient (Wildman–Crippen LogP) is 9.66. The van der Waals surface area contributed by atoms with E-state index in [0.717, 1.165) is 27.1 Å². The number of hydrogen-bond donors (Lipinski definition) is 3. The molecule has 5 aromatic rings. The van der Waals surface area contributed by atoms with Crippen molar-refractivity contribution >= 4 is 89.6 Å². The minimum absolute atomic E-state index is 0.230. The first-order valence-electron chi connectivity index (χ1n) is 15.7. The van der Waals surface area contributed by atoms with Crippen LogP contribution in [-0.4, -0.2) is 40.1 Å². The van der Waals surface area contributed by atoms with Gasteiger partial charge in [-0.25, -0.2) is 9.78 Å². The van der Waals surface area contributed by atoms with E-state index in [1.807, 2.05) is 38.3 Å². The summed E-state index contributed by atoms with van der Waals surface area (Å²) in [6.45, 7) is 19.0. The number of nitrogens with one attached hydrogen (secondary N) is 1. The third-order valence-corrected chi connectivity index (χ3v) is 9.48. The van der Waals surface area contributed by atoms with Gasteiger partial charge in [0.05, 0.1) is 4.47 Å². The highest BCUT2D eigenvalue weighted by Crippen LogP contribution is 2.36. The lowest BCUT2D eigenvalue weighted by Gasteiger charge is -2.19. The molecule has 0 aliphatic carbocycles. The molecule has 0 radical (unpaired) electrons. The molecular weight excluding hydrogens is 707 g/mol. The molecule has 3 heterocycles. The van der Waals surface area contributed by atoms with Crippen LogP contribution in [0, 0.1) is 10.8 Å². The Kier molecular flexibility index (Phi) is 13.6. The van der Waals surface area contributed by atoms with Crippen LogP contribution >= 0.6 is 38.6 Å². The number of aldehydes is 1. The number of pyridine rings is 1. The maximum absolute atomic E-state index is 11.7. The van der Waals surface area contributed by atoms with Crippen molar-refractivity contribution in [1.82, 2.24) is 4.98 Å². The van der Waals surface area contributed by atoms with E-state index in [2.05, 4.69) is 104 Å². The molecule has 11 heteroatoms. The monoisotopic (exact) mass is 752 g/mol. The van der Waals surface area contributed by atoms with E-state index in [0.29, 0.717) is 17.3 Å². The summed E-state index contributed by atoms with van der Waals surface area (Å²) < 4.78 is 6.15. The van der Waals surface area contributed by atoms with Crippen molar-refractivity contribution in [3.05, 3.63) is 86.7 Å². The van der Waals surface area contributed by atoms with Gasteiger partial charge in [0.15, 0.2) is 0 Å². The smallest absolute Gasteiger partial charge is 0.444 e. The van der Waals surface area contributed by atoms with Crippen LogP contribution in [0.1, 0.15) is 82.4 Å². The van der Waals surface area contributed by atoms with E-state index >= 15 is 0 Å². The van der Waals surface area contributed by atoms with Crippen molar-refractivity contribution in [2.24, 2.45) is 10.8 Å². The van der Waals surface area contributed by atoms with E-state index in [1.165, 1.54) is 38.0 Å². The summed E-state index contributed by atoms with van der Waals surface area (Å²) in [6.07, 6.45) is 4.25. The molecule has 3 N–H and O–H groups in total. The number of aromatic nitrogens is 1. The number of halogens is 1. The zero-order valence-electron chi connectivity index (χ0n) is 29.2. The highest BCUT2D eigenvalue weighted by atomic mass is 79.9. The number of fused-ring (bicyclic) bond motifs is 3. The summed E-state index contributed by atoms with van der Waals surface area (Å²) >= 11 is 6.88. The first-order valence-corrected chi connectivity index (χ1v) is 18.1. The van der Waals surface area contributed by atoms with Crippen LogP contribution in [0.2, 0.25) is 0 Å². The normalized spacial score (nSPS) is 11.7. The van der Waals surface area contributed by atoms with Gasteiger partial charge in [0.1, 0.15) is 21.7 Å². The van der Waals surface area contributed by atoms with Crippen LogP contribution in [0.5, 0.6) is 0 Å². The van der Waals surface area contributed by atoms with Crippen molar-refractivity contribution < 1.29 is 24.4 Å². The second-order valence-corrected chi connectivity index (χ2v) is 18.0. The predicted molar refractivity (Wildman–Crippen MR) is 207 cm³/mol. The average molecular weight is 754 g/mol. The topological polar surface area (TPSA) is 109 Å². The number of benzene rings is 2. The second kappa shape index (κ2) is 16.5. The molecule has 256 valence electrons. The first-order chi connectivity index (χ1) is 22.2. The van der Waals surface area contributed by atoms with Gasteiger partial charge in [-0.2, -0.15) is 0 Å². The van der Waals surface area contributed by atoms with Gasteiger partial charge >= 0.3 is 13.2 Å². The highest BCUT2D eigenvalue weighted by Gasteiger charge is 2.20. The molecule has 0 saturated carbocycles. The van der Waals surface area contributed by atoms with Gasteiger partial charge in [0.2, 0.25) is 0 Å². The molecular formula is C37H46BBrN2O5S2. The number of ether oxygens (including phenoxy) is 1. The Morgan fingerprint density at radius 1 is 0.875 bits per heavy atom. The lowest BCUT2D eigenvalue weighted by Crippen LogP contribution is -2.32. The number of hydrogen-bond acceptors (Lipinski definition) is 8. The molecule has 0 bridgehead atoms. The van der Waals surface area contributed by atoms with Crippen molar-refractivity contribution in [2.45, 2.75) is 80.8 Å². The summed E-state index contributed by atoms with van der Waals surface area (Å²) in [5, 5.41) is 24.9. The number of anilines is 1. The minimum atomic E-state index is -1.57. The molecule has 7 nitrogen and oxygen atoms in total. The molecule has 0 spiro atoms. The van der Waals surface area contributed by atoms with E-state index < -0.39 is 18.8 Å². The Bertz CT molecular complexity index is 1830. The molecule has 3 aromatic heterocycles. The van der Waals surface area contributed by atoms with Crippen LogP contribution in [0.15, 0.2) is 71.3 Å². The number of carbonyl (C=O) groups excluding carboxylic acids is 2. The molecule has 0 aliphatic heterocycles. The number of amides is 1. The van der Waals surface area contributed by atoms with E-state index in [1.54, 1.807) is 23.5 Å². The Labute approximate surface area is 301 Å². The number of thiophene rings is 2. The fourth-order valence-electron chi connectivity index (χ4n) is 4.67. The fourth-order valence-corrected chi connectivity index (χ4v) is 7.99. The third-order valence-electron chi connectivity index (χ3n) is 6.50. The Morgan fingerprint density at radius 3 is 2.02 bits per heavy atom. The molecule has 1 amide bonds.